The van der Waals surface area contributed by atoms with E-state index in [1.54, 1.807) is 0 Å². The lowest BCUT2D eigenvalue weighted by Crippen LogP contribution is -2.19. The van der Waals surface area contributed by atoms with Gasteiger partial charge in [0.25, 0.3) is 0 Å². The van der Waals surface area contributed by atoms with Crippen LogP contribution in [0.15, 0.2) is 4.63 Å². The van der Waals surface area contributed by atoms with E-state index in [4.69, 9.17) is 0 Å². The molecular formula is C9H16N2O2S. The molecule has 14 heavy (non-hydrogen) atoms. The zero-order valence-electron chi connectivity index (χ0n) is 8.98. The number of hydrogen-bond acceptors (Lipinski definition) is 4. The maximum atomic E-state index is 11.8. The van der Waals surface area contributed by atoms with Crippen molar-refractivity contribution >= 4 is 10.8 Å². The lowest BCUT2D eigenvalue weighted by molar-refractivity contribution is 0.302. The summed E-state index contributed by atoms with van der Waals surface area (Å²) in [4.78, 5) is 0. The van der Waals surface area contributed by atoms with Gasteiger partial charge in [-0.25, -0.2) is 4.63 Å². The van der Waals surface area contributed by atoms with E-state index in [-0.39, 0.29) is 5.25 Å². The first-order valence-electron chi connectivity index (χ1n) is 4.67. The van der Waals surface area contributed by atoms with Crippen molar-refractivity contribution in [3.63, 3.8) is 0 Å². The first-order chi connectivity index (χ1) is 6.52. The first kappa shape index (κ1) is 11.4. The van der Waals surface area contributed by atoms with Gasteiger partial charge in [0.1, 0.15) is 11.4 Å². The Labute approximate surface area is 86.5 Å². The Balaban J connectivity index is 2.62. The van der Waals surface area contributed by atoms with Crippen LogP contribution >= 0.6 is 0 Å². The topological polar surface area (TPSA) is 56.0 Å². The first-order valence-corrected chi connectivity index (χ1v) is 6.05. The predicted molar refractivity (Wildman–Crippen MR) is 55.2 cm³/mol. The Morgan fingerprint density at radius 2 is 2.00 bits per heavy atom. The maximum absolute atomic E-state index is 11.8. The lowest BCUT2D eigenvalue weighted by atomic mass is 10.2. The van der Waals surface area contributed by atoms with Gasteiger partial charge in [0.05, 0.1) is 5.75 Å². The van der Waals surface area contributed by atoms with Crippen LogP contribution in [0.3, 0.4) is 0 Å². The molecule has 0 aliphatic carbocycles. The molecule has 0 fully saturated rings. The van der Waals surface area contributed by atoms with Gasteiger partial charge >= 0.3 is 0 Å². The molecule has 5 heteroatoms. The Morgan fingerprint density at radius 1 is 1.36 bits per heavy atom. The van der Waals surface area contributed by atoms with Gasteiger partial charge in [-0.3, -0.25) is 4.21 Å². The fourth-order valence-electron chi connectivity index (χ4n) is 0.950. The Kier molecular flexibility index (Phi) is 3.80. The van der Waals surface area contributed by atoms with Crippen LogP contribution < -0.4 is 0 Å². The molecule has 2 atom stereocenters. The summed E-state index contributed by atoms with van der Waals surface area (Å²) in [6.07, 6.45) is 0. The summed E-state index contributed by atoms with van der Waals surface area (Å²) in [5, 5.41) is 7.54. The van der Waals surface area contributed by atoms with Gasteiger partial charge in [0.15, 0.2) is 0 Å². The van der Waals surface area contributed by atoms with Gasteiger partial charge < -0.3 is 0 Å². The number of hydrogen-bond donors (Lipinski definition) is 0. The molecule has 1 rings (SSSR count). The van der Waals surface area contributed by atoms with Crippen molar-refractivity contribution in [2.24, 2.45) is 5.92 Å². The highest BCUT2D eigenvalue weighted by Crippen LogP contribution is 2.13. The van der Waals surface area contributed by atoms with E-state index in [1.165, 1.54) is 0 Å². The molecule has 0 saturated carbocycles. The lowest BCUT2D eigenvalue weighted by Gasteiger charge is -2.13. The van der Waals surface area contributed by atoms with Crippen molar-refractivity contribution in [1.82, 2.24) is 10.3 Å². The fraction of sp³-hybridized carbons (Fsp3) is 0.778. The molecule has 1 aromatic rings. The van der Waals surface area contributed by atoms with E-state index in [0.717, 1.165) is 5.69 Å². The summed E-state index contributed by atoms with van der Waals surface area (Å²) in [6.45, 7) is 7.93. The predicted octanol–water partition coefficient (Wildman–Crippen LogP) is 1.67. The van der Waals surface area contributed by atoms with Crippen LogP contribution in [-0.2, 0) is 16.6 Å². The summed E-state index contributed by atoms with van der Waals surface area (Å²) < 4.78 is 16.4. The average molecular weight is 216 g/mol. The summed E-state index contributed by atoms with van der Waals surface area (Å²) in [5.41, 5.74) is 1.44. The molecule has 0 saturated heterocycles. The quantitative estimate of drug-likeness (QED) is 0.768. The molecule has 0 bridgehead atoms. The van der Waals surface area contributed by atoms with E-state index in [0.29, 0.717) is 17.4 Å². The molecule has 1 aromatic heterocycles. The standard InChI is InChI=1S/C9H16N2O2S/c1-6(2)8(4)14(12)5-9-7(3)10-13-11-9/h6,8H,5H2,1-4H3. The van der Waals surface area contributed by atoms with Crippen LogP contribution in [-0.4, -0.2) is 19.8 Å². The minimum absolute atomic E-state index is 0.172. The maximum Gasteiger partial charge on any atom is 0.120 e. The normalized spacial score (nSPS) is 15.8. The molecule has 0 radical (unpaired) electrons. The van der Waals surface area contributed by atoms with Crippen molar-refractivity contribution in [2.75, 3.05) is 0 Å². The molecule has 2 unspecified atom stereocenters. The van der Waals surface area contributed by atoms with Crippen molar-refractivity contribution in [1.29, 1.82) is 0 Å². The van der Waals surface area contributed by atoms with Crippen molar-refractivity contribution in [2.45, 2.75) is 38.7 Å². The van der Waals surface area contributed by atoms with Crippen molar-refractivity contribution < 1.29 is 8.84 Å². The van der Waals surface area contributed by atoms with Gasteiger partial charge in [-0.1, -0.05) is 31.1 Å². The molecule has 0 amide bonds. The van der Waals surface area contributed by atoms with Gasteiger partial charge in [0.2, 0.25) is 0 Å². The molecule has 0 spiro atoms. The molecule has 0 aliphatic rings. The highest BCUT2D eigenvalue weighted by molar-refractivity contribution is 7.84. The highest BCUT2D eigenvalue weighted by Gasteiger charge is 2.18. The fourth-order valence-corrected chi connectivity index (χ4v) is 2.35. The zero-order valence-corrected chi connectivity index (χ0v) is 9.80. The monoisotopic (exact) mass is 216 g/mol. The average Bonchev–Trinajstić information content (AvgIpc) is 2.50. The second-order valence-corrected chi connectivity index (χ2v) is 5.56. The summed E-state index contributed by atoms with van der Waals surface area (Å²) in [6, 6.07) is 0. The van der Waals surface area contributed by atoms with E-state index in [9.17, 15) is 4.21 Å². The summed E-state index contributed by atoms with van der Waals surface area (Å²) in [7, 11) is -0.897. The molecule has 4 nitrogen and oxygen atoms in total. The van der Waals surface area contributed by atoms with Crippen molar-refractivity contribution in [3.05, 3.63) is 11.4 Å². The highest BCUT2D eigenvalue weighted by atomic mass is 32.2. The van der Waals surface area contributed by atoms with Gasteiger partial charge in [-0.15, -0.1) is 0 Å². The zero-order chi connectivity index (χ0) is 10.7. The van der Waals surface area contributed by atoms with Crippen LogP contribution in [0.1, 0.15) is 32.2 Å². The van der Waals surface area contributed by atoms with Crippen molar-refractivity contribution in [3.8, 4) is 0 Å². The Hall–Kier alpha value is -0.710. The Bertz CT molecular complexity index is 322. The van der Waals surface area contributed by atoms with E-state index < -0.39 is 10.8 Å². The third-order valence-corrected chi connectivity index (χ3v) is 4.31. The third kappa shape index (κ3) is 2.64. The SMILES string of the molecule is Cc1nonc1CS(=O)C(C)C(C)C. The van der Waals surface area contributed by atoms with Gasteiger partial charge in [-0.2, -0.15) is 0 Å². The van der Waals surface area contributed by atoms with Crippen LogP contribution in [0.25, 0.3) is 0 Å². The molecule has 1 heterocycles. The second-order valence-electron chi connectivity index (χ2n) is 3.77. The molecule has 0 aromatic carbocycles. The van der Waals surface area contributed by atoms with Crippen LogP contribution in [0.4, 0.5) is 0 Å². The van der Waals surface area contributed by atoms with Gasteiger partial charge in [-0.05, 0) is 12.8 Å². The second kappa shape index (κ2) is 4.68. The van der Waals surface area contributed by atoms with Crippen LogP contribution in [0.2, 0.25) is 0 Å². The molecule has 80 valence electrons. The van der Waals surface area contributed by atoms with Crippen LogP contribution in [0.5, 0.6) is 0 Å². The smallest absolute Gasteiger partial charge is 0.120 e. The van der Waals surface area contributed by atoms with E-state index in [1.807, 2.05) is 13.8 Å². The van der Waals surface area contributed by atoms with Crippen LogP contribution in [0, 0.1) is 12.8 Å². The minimum Gasteiger partial charge on any atom is -0.259 e. The molecule has 0 N–H and O–H groups in total. The largest absolute Gasteiger partial charge is 0.259 e. The number of aryl methyl sites for hydroxylation is 1. The molecule has 0 aliphatic heterocycles. The van der Waals surface area contributed by atoms with E-state index in [2.05, 4.69) is 28.8 Å². The van der Waals surface area contributed by atoms with Gasteiger partial charge in [0, 0.05) is 16.0 Å². The van der Waals surface area contributed by atoms with E-state index >= 15 is 0 Å². The summed E-state index contributed by atoms with van der Waals surface area (Å²) in [5.74, 6) is 0.852. The summed E-state index contributed by atoms with van der Waals surface area (Å²) >= 11 is 0. The third-order valence-electron chi connectivity index (χ3n) is 2.38. The Morgan fingerprint density at radius 3 is 2.43 bits per heavy atom. The number of nitrogens with zero attached hydrogens (tertiary/aromatic N) is 2. The number of rotatable bonds is 4. The minimum atomic E-state index is -0.897. The molecular weight excluding hydrogens is 200 g/mol. The number of aromatic nitrogens is 2.